The monoisotopic (exact) mass is 646 g/mol. The van der Waals surface area contributed by atoms with Crippen LogP contribution in [0.1, 0.15) is 111 Å². The first kappa shape index (κ1) is 33.2. The minimum absolute atomic E-state index is 0.0665. The summed E-state index contributed by atoms with van der Waals surface area (Å²) >= 11 is 0. The second kappa shape index (κ2) is 10.8. The number of benzene rings is 5. The van der Waals surface area contributed by atoms with E-state index in [9.17, 15) is 0 Å². The third-order valence-corrected chi connectivity index (χ3v) is 10.6. The van der Waals surface area contributed by atoms with E-state index in [1.807, 2.05) is 0 Å². The summed E-state index contributed by atoms with van der Waals surface area (Å²) in [5, 5.41) is 5.27. The highest BCUT2D eigenvalue weighted by molar-refractivity contribution is 6.11. The summed E-state index contributed by atoms with van der Waals surface area (Å²) in [6, 6.07) is 35.5. The lowest BCUT2D eigenvalue weighted by Crippen LogP contribution is -2.10. The fourth-order valence-electron chi connectivity index (χ4n) is 7.47. The Labute approximate surface area is 293 Å². The van der Waals surface area contributed by atoms with E-state index in [1.165, 1.54) is 82.8 Å². The number of rotatable bonds is 2. The first-order valence-corrected chi connectivity index (χ1v) is 18.0. The molecule has 2 heterocycles. The van der Waals surface area contributed by atoms with Gasteiger partial charge in [0.15, 0.2) is 0 Å². The molecule has 0 bridgehead atoms. The second-order valence-electron chi connectivity index (χ2n) is 18.6. The Balaban J connectivity index is 1.54. The van der Waals surface area contributed by atoms with E-state index in [0.29, 0.717) is 0 Å². The molecule has 0 spiro atoms. The van der Waals surface area contributed by atoms with E-state index in [0.717, 1.165) is 0 Å². The summed E-state index contributed by atoms with van der Waals surface area (Å²) in [4.78, 5) is 0. The van der Waals surface area contributed by atoms with Crippen LogP contribution in [-0.4, -0.2) is 9.13 Å². The molecule has 252 valence electrons. The van der Waals surface area contributed by atoms with Crippen molar-refractivity contribution in [2.45, 2.75) is 112 Å². The molecule has 0 unspecified atom stereocenters. The standard InChI is InChI=1S/C47H54N2/c1-29-22-34(48-40-18-14-30(44(2,3)4)24-36(40)37-25-31(45(5,6)7)15-19-41(37)48)28-35(23-29)49-42-20-16-32(46(8,9)10)26-38(42)39-27-33(47(11,12)13)17-21-43(39)49/h14-28H,1-13H3. The highest BCUT2D eigenvalue weighted by Crippen LogP contribution is 2.41. The molecular formula is C47H54N2. The lowest BCUT2D eigenvalue weighted by atomic mass is 9.85. The van der Waals surface area contributed by atoms with Gasteiger partial charge in [-0.05, 0) is 123 Å². The van der Waals surface area contributed by atoms with Crippen LogP contribution in [0.4, 0.5) is 0 Å². The fraction of sp³-hybridized carbons (Fsp3) is 0.362. The van der Waals surface area contributed by atoms with Gasteiger partial charge in [0.2, 0.25) is 0 Å². The quantitative estimate of drug-likeness (QED) is 0.177. The van der Waals surface area contributed by atoms with E-state index in [4.69, 9.17) is 0 Å². The second-order valence-corrected chi connectivity index (χ2v) is 18.6. The highest BCUT2D eigenvalue weighted by atomic mass is 15.0. The van der Waals surface area contributed by atoms with Crippen molar-refractivity contribution in [1.82, 2.24) is 9.13 Å². The Hall–Kier alpha value is -4.30. The number of fused-ring (bicyclic) bond motifs is 6. The molecule has 49 heavy (non-hydrogen) atoms. The maximum atomic E-state index is 2.49. The third kappa shape index (κ3) is 5.68. The van der Waals surface area contributed by atoms with Gasteiger partial charge >= 0.3 is 0 Å². The van der Waals surface area contributed by atoms with E-state index in [2.05, 4.69) is 190 Å². The van der Waals surface area contributed by atoms with Crippen LogP contribution in [-0.2, 0) is 21.7 Å². The van der Waals surface area contributed by atoms with Gasteiger partial charge in [-0.2, -0.15) is 0 Å². The minimum atomic E-state index is 0.0665. The van der Waals surface area contributed by atoms with Crippen molar-refractivity contribution in [3.63, 3.8) is 0 Å². The summed E-state index contributed by atoms with van der Waals surface area (Å²) in [5.41, 5.74) is 14.3. The summed E-state index contributed by atoms with van der Waals surface area (Å²) < 4.78 is 4.98. The van der Waals surface area contributed by atoms with Gasteiger partial charge in [0, 0.05) is 32.9 Å². The zero-order valence-corrected chi connectivity index (χ0v) is 32.1. The van der Waals surface area contributed by atoms with Crippen molar-refractivity contribution in [1.29, 1.82) is 0 Å². The molecule has 0 aliphatic heterocycles. The number of aryl methyl sites for hydroxylation is 1. The van der Waals surface area contributed by atoms with Crippen LogP contribution < -0.4 is 0 Å². The van der Waals surface area contributed by atoms with Crippen LogP contribution in [0.25, 0.3) is 55.0 Å². The van der Waals surface area contributed by atoms with E-state index in [-0.39, 0.29) is 21.7 Å². The average molecular weight is 647 g/mol. The van der Waals surface area contributed by atoms with Crippen LogP contribution in [0.2, 0.25) is 0 Å². The SMILES string of the molecule is Cc1cc(-n2c3ccc(C(C)(C)C)cc3c3cc(C(C)(C)C)ccc32)cc(-n2c3ccc(C(C)(C)C)cc3c3cc(C(C)(C)C)ccc32)c1. The molecule has 7 aromatic rings. The summed E-state index contributed by atoms with van der Waals surface area (Å²) in [7, 11) is 0. The maximum absolute atomic E-state index is 2.49. The smallest absolute Gasteiger partial charge is 0.0541 e. The Morgan fingerprint density at radius 1 is 0.327 bits per heavy atom. The van der Waals surface area contributed by atoms with Gasteiger partial charge in [-0.25, -0.2) is 0 Å². The zero-order chi connectivity index (χ0) is 35.4. The predicted molar refractivity (Wildman–Crippen MR) is 215 cm³/mol. The predicted octanol–water partition coefficient (Wildman–Crippen LogP) is 13.4. The van der Waals surface area contributed by atoms with E-state index < -0.39 is 0 Å². The van der Waals surface area contributed by atoms with Gasteiger partial charge < -0.3 is 9.13 Å². The van der Waals surface area contributed by atoms with Crippen LogP contribution in [0.15, 0.2) is 91.0 Å². The molecule has 2 heteroatoms. The first-order chi connectivity index (χ1) is 22.7. The van der Waals surface area contributed by atoms with Crippen molar-refractivity contribution in [3.8, 4) is 11.4 Å². The van der Waals surface area contributed by atoms with Gasteiger partial charge in [-0.15, -0.1) is 0 Å². The molecule has 7 rings (SSSR count). The molecule has 0 aliphatic rings. The molecule has 0 atom stereocenters. The van der Waals surface area contributed by atoms with Crippen LogP contribution in [0.3, 0.4) is 0 Å². The van der Waals surface area contributed by atoms with Crippen molar-refractivity contribution in [2.75, 3.05) is 0 Å². The van der Waals surface area contributed by atoms with Crippen LogP contribution >= 0.6 is 0 Å². The molecule has 0 aliphatic carbocycles. The Morgan fingerprint density at radius 3 is 0.796 bits per heavy atom. The average Bonchev–Trinajstić information content (AvgIpc) is 3.50. The van der Waals surface area contributed by atoms with Gasteiger partial charge in [0.25, 0.3) is 0 Å². The molecule has 0 fully saturated rings. The van der Waals surface area contributed by atoms with Crippen molar-refractivity contribution < 1.29 is 0 Å². The molecule has 0 saturated heterocycles. The third-order valence-electron chi connectivity index (χ3n) is 10.6. The van der Waals surface area contributed by atoms with Gasteiger partial charge in [-0.3, -0.25) is 0 Å². The number of hydrogen-bond donors (Lipinski definition) is 0. The molecule has 0 radical (unpaired) electrons. The molecule has 0 saturated carbocycles. The van der Waals surface area contributed by atoms with Crippen molar-refractivity contribution >= 4 is 43.6 Å². The van der Waals surface area contributed by atoms with Gasteiger partial charge in [0.1, 0.15) is 0 Å². The highest BCUT2D eigenvalue weighted by Gasteiger charge is 2.23. The lowest BCUT2D eigenvalue weighted by Gasteiger charge is -2.19. The molecular weight excluding hydrogens is 593 g/mol. The van der Waals surface area contributed by atoms with E-state index in [1.54, 1.807) is 0 Å². The molecule has 2 aromatic heterocycles. The molecule has 0 N–H and O–H groups in total. The molecule has 0 amide bonds. The molecule has 2 nitrogen and oxygen atoms in total. The largest absolute Gasteiger partial charge is 0.309 e. The Bertz CT molecular complexity index is 2100. The number of aromatic nitrogens is 2. The number of hydrogen-bond acceptors (Lipinski definition) is 0. The number of nitrogens with zero attached hydrogens (tertiary/aromatic N) is 2. The summed E-state index contributed by atoms with van der Waals surface area (Å²) in [6.45, 7) is 29.9. The maximum Gasteiger partial charge on any atom is 0.0541 e. The lowest BCUT2D eigenvalue weighted by molar-refractivity contribution is 0.590. The van der Waals surface area contributed by atoms with E-state index >= 15 is 0 Å². The van der Waals surface area contributed by atoms with Gasteiger partial charge in [0.05, 0.1) is 22.1 Å². The fourth-order valence-corrected chi connectivity index (χ4v) is 7.47. The van der Waals surface area contributed by atoms with Crippen LogP contribution in [0.5, 0.6) is 0 Å². The Morgan fingerprint density at radius 2 is 0.571 bits per heavy atom. The topological polar surface area (TPSA) is 9.86 Å². The van der Waals surface area contributed by atoms with Crippen molar-refractivity contribution in [3.05, 3.63) is 119 Å². The van der Waals surface area contributed by atoms with Crippen LogP contribution in [0, 0.1) is 6.92 Å². The Kier molecular flexibility index (Phi) is 7.35. The summed E-state index contributed by atoms with van der Waals surface area (Å²) in [5.74, 6) is 0. The van der Waals surface area contributed by atoms with Gasteiger partial charge in [-0.1, -0.05) is 107 Å². The normalized spacial score (nSPS) is 13.4. The zero-order valence-electron chi connectivity index (χ0n) is 32.1. The van der Waals surface area contributed by atoms with Crippen molar-refractivity contribution in [2.24, 2.45) is 0 Å². The molecule has 5 aromatic carbocycles. The first-order valence-electron chi connectivity index (χ1n) is 18.0. The summed E-state index contributed by atoms with van der Waals surface area (Å²) in [6.07, 6.45) is 0. The minimum Gasteiger partial charge on any atom is -0.309 e.